The molecule has 0 aliphatic heterocycles. The van der Waals surface area contributed by atoms with Gasteiger partial charge in [0.1, 0.15) is 12.6 Å². The summed E-state index contributed by atoms with van der Waals surface area (Å²) in [5.41, 5.74) is 1.82. The first-order valence-corrected chi connectivity index (χ1v) is 16.4. The predicted octanol–water partition coefficient (Wildman–Crippen LogP) is 6.60. The van der Waals surface area contributed by atoms with Crippen molar-refractivity contribution in [1.29, 1.82) is 0 Å². The number of halogens is 2. The molecule has 4 rings (SSSR count). The predicted molar refractivity (Wildman–Crippen MR) is 176 cm³/mol. The summed E-state index contributed by atoms with van der Waals surface area (Å²) in [6, 6.07) is 29.6. The van der Waals surface area contributed by atoms with E-state index >= 15 is 0 Å². The van der Waals surface area contributed by atoms with E-state index in [9.17, 15) is 18.0 Å². The van der Waals surface area contributed by atoms with Gasteiger partial charge in [-0.15, -0.1) is 0 Å². The molecule has 1 N–H and O–H groups in total. The first-order valence-electron chi connectivity index (χ1n) is 14.2. The molecule has 0 aromatic heterocycles. The van der Waals surface area contributed by atoms with Gasteiger partial charge in [-0.2, -0.15) is 0 Å². The van der Waals surface area contributed by atoms with Crippen LogP contribution in [0.5, 0.6) is 0 Å². The third kappa shape index (κ3) is 8.85. The van der Waals surface area contributed by atoms with Gasteiger partial charge in [0.15, 0.2) is 0 Å². The summed E-state index contributed by atoms with van der Waals surface area (Å²) in [7, 11) is -4.18. The van der Waals surface area contributed by atoms with Crippen molar-refractivity contribution in [3.8, 4) is 0 Å². The van der Waals surface area contributed by atoms with Crippen LogP contribution in [-0.4, -0.2) is 44.3 Å². The Bertz CT molecular complexity index is 1650. The fraction of sp³-hybridized carbons (Fsp3) is 0.235. The fourth-order valence-electron chi connectivity index (χ4n) is 4.66. The molecular weight excluding hydrogens is 617 g/mol. The van der Waals surface area contributed by atoms with E-state index < -0.39 is 28.5 Å². The number of amides is 2. The van der Waals surface area contributed by atoms with E-state index in [1.54, 1.807) is 60.7 Å². The van der Waals surface area contributed by atoms with Crippen LogP contribution in [0.3, 0.4) is 0 Å². The Morgan fingerprint density at radius 2 is 1.39 bits per heavy atom. The zero-order chi connectivity index (χ0) is 31.7. The van der Waals surface area contributed by atoms with Gasteiger partial charge in [0.25, 0.3) is 10.0 Å². The van der Waals surface area contributed by atoms with Crippen molar-refractivity contribution in [3.63, 3.8) is 0 Å². The van der Waals surface area contributed by atoms with E-state index in [2.05, 4.69) is 5.32 Å². The molecule has 0 aliphatic carbocycles. The van der Waals surface area contributed by atoms with Crippen LogP contribution in [0.25, 0.3) is 0 Å². The smallest absolute Gasteiger partial charge is 0.264 e. The molecule has 2 amide bonds. The topological polar surface area (TPSA) is 86.8 Å². The van der Waals surface area contributed by atoms with Crippen LogP contribution < -0.4 is 9.62 Å². The molecule has 0 radical (unpaired) electrons. The molecule has 0 heterocycles. The maximum atomic E-state index is 14.4. The van der Waals surface area contributed by atoms with Crippen molar-refractivity contribution < 1.29 is 18.0 Å². The number of hydrogen-bond donors (Lipinski definition) is 1. The summed E-state index contributed by atoms with van der Waals surface area (Å²) in [4.78, 5) is 29.7. The number of benzene rings is 4. The number of anilines is 1. The molecule has 44 heavy (non-hydrogen) atoms. The van der Waals surface area contributed by atoms with E-state index in [4.69, 9.17) is 23.2 Å². The molecule has 0 aliphatic rings. The monoisotopic (exact) mass is 651 g/mol. The quantitative estimate of drug-likeness (QED) is 0.176. The number of nitrogens with one attached hydrogen (secondary N) is 1. The normalized spacial score (nSPS) is 12.0. The second-order valence-electron chi connectivity index (χ2n) is 10.8. The van der Waals surface area contributed by atoms with Crippen molar-refractivity contribution in [1.82, 2.24) is 10.2 Å². The minimum absolute atomic E-state index is 0.0275. The third-order valence-electron chi connectivity index (χ3n) is 6.92. The molecule has 0 unspecified atom stereocenters. The molecule has 4 aromatic carbocycles. The average molecular weight is 653 g/mol. The lowest BCUT2D eigenvalue weighted by atomic mass is 10.0. The Labute approximate surface area is 269 Å². The highest BCUT2D eigenvalue weighted by molar-refractivity contribution is 7.92. The first-order chi connectivity index (χ1) is 21.0. The maximum Gasteiger partial charge on any atom is 0.264 e. The van der Waals surface area contributed by atoms with Crippen LogP contribution in [0.1, 0.15) is 25.0 Å². The summed E-state index contributed by atoms with van der Waals surface area (Å²) in [6.45, 7) is 3.87. The summed E-state index contributed by atoms with van der Waals surface area (Å²) in [5.74, 6) is -0.702. The van der Waals surface area contributed by atoms with Crippen molar-refractivity contribution in [2.45, 2.75) is 37.8 Å². The van der Waals surface area contributed by atoms with Crippen LogP contribution >= 0.6 is 23.2 Å². The number of carbonyl (C=O) groups is 2. The SMILES string of the molecule is CC(C)CNC(=O)[C@@H](Cc1ccccc1)N(Cc1cccc(Cl)c1)C(=O)CN(c1ccc(Cl)cc1)S(=O)(=O)c1ccccc1. The van der Waals surface area contributed by atoms with Crippen LogP contribution in [-0.2, 0) is 32.6 Å². The van der Waals surface area contributed by atoms with E-state index in [0.29, 0.717) is 22.2 Å². The van der Waals surface area contributed by atoms with Crippen LogP contribution in [0.4, 0.5) is 5.69 Å². The van der Waals surface area contributed by atoms with Crippen LogP contribution in [0, 0.1) is 5.92 Å². The zero-order valence-electron chi connectivity index (χ0n) is 24.6. The number of rotatable bonds is 13. The highest BCUT2D eigenvalue weighted by atomic mass is 35.5. The summed E-state index contributed by atoms with van der Waals surface area (Å²) >= 11 is 12.4. The van der Waals surface area contributed by atoms with Gasteiger partial charge in [0, 0.05) is 29.6 Å². The van der Waals surface area contributed by atoms with Crippen LogP contribution in [0.2, 0.25) is 10.0 Å². The second kappa shape index (κ2) is 15.2. The Hall–Kier alpha value is -3.85. The van der Waals surface area contributed by atoms with Gasteiger partial charge in [-0.05, 0) is 65.6 Å². The standard InChI is InChI=1S/C34H35Cl2N3O4S/c1-25(2)22-37-34(41)32(21-26-10-5-3-6-11-26)38(23-27-12-9-13-29(36)20-27)33(40)24-39(30-18-16-28(35)17-19-30)44(42,43)31-14-7-4-8-15-31/h3-20,25,32H,21-24H2,1-2H3,(H,37,41)/t32-/m1/s1. The molecule has 230 valence electrons. The van der Waals surface area contributed by atoms with Crippen molar-refractivity contribution >= 4 is 50.7 Å². The molecule has 0 fully saturated rings. The third-order valence-corrected chi connectivity index (χ3v) is 9.20. The molecule has 1 atom stereocenters. The Balaban J connectivity index is 1.79. The van der Waals surface area contributed by atoms with Crippen molar-refractivity contribution in [2.75, 3.05) is 17.4 Å². The molecule has 0 spiro atoms. The number of hydrogen-bond acceptors (Lipinski definition) is 4. The highest BCUT2D eigenvalue weighted by Crippen LogP contribution is 2.26. The molecule has 0 bridgehead atoms. The van der Waals surface area contributed by atoms with Gasteiger partial charge in [0.2, 0.25) is 11.8 Å². The maximum absolute atomic E-state index is 14.4. The molecule has 0 saturated carbocycles. The van der Waals surface area contributed by atoms with Crippen molar-refractivity contribution in [2.24, 2.45) is 5.92 Å². The molecular formula is C34H35Cl2N3O4S. The number of carbonyl (C=O) groups excluding carboxylic acids is 2. The summed E-state index contributed by atoms with van der Waals surface area (Å²) < 4.78 is 29.0. The molecule has 0 saturated heterocycles. The van der Waals surface area contributed by atoms with E-state index in [-0.39, 0.29) is 35.4 Å². The van der Waals surface area contributed by atoms with E-state index in [1.807, 2.05) is 50.2 Å². The number of sulfonamides is 1. The van der Waals surface area contributed by atoms with Gasteiger partial charge in [-0.25, -0.2) is 8.42 Å². The Morgan fingerprint density at radius 1 is 0.773 bits per heavy atom. The minimum atomic E-state index is -4.18. The summed E-state index contributed by atoms with van der Waals surface area (Å²) in [6.07, 6.45) is 0.226. The average Bonchev–Trinajstić information content (AvgIpc) is 3.01. The highest BCUT2D eigenvalue weighted by Gasteiger charge is 2.34. The van der Waals surface area contributed by atoms with Gasteiger partial charge in [-0.1, -0.05) is 97.7 Å². The lowest BCUT2D eigenvalue weighted by Crippen LogP contribution is -2.53. The summed E-state index contributed by atoms with van der Waals surface area (Å²) in [5, 5.41) is 3.88. The van der Waals surface area contributed by atoms with Crippen LogP contribution in [0.15, 0.2) is 114 Å². The Morgan fingerprint density at radius 3 is 2.00 bits per heavy atom. The fourth-order valence-corrected chi connectivity index (χ4v) is 6.44. The lowest BCUT2D eigenvalue weighted by Gasteiger charge is -2.34. The molecule has 10 heteroatoms. The first kappa shape index (κ1) is 33.1. The van der Waals surface area contributed by atoms with Gasteiger partial charge in [0.05, 0.1) is 10.6 Å². The van der Waals surface area contributed by atoms with Crippen molar-refractivity contribution in [3.05, 3.63) is 130 Å². The minimum Gasteiger partial charge on any atom is -0.354 e. The zero-order valence-corrected chi connectivity index (χ0v) is 26.9. The van der Waals surface area contributed by atoms with Gasteiger partial charge in [-0.3, -0.25) is 13.9 Å². The lowest BCUT2D eigenvalue weighted by molar-refractivity contribution is -0.140. The molecule has 4 aromatic rings. The van der Waals surface area contributed by atoms with E-state index in [1.165, 1.54) is 17.0 Å². The van der Waals surface area contributed by atoms with Gasteiger partial charge >= 0.3 is 0 Å². The Kier molecular flexibility index (Phi) is 11.4. The largest absolute Gasteiger partial charge is 0.354 e. The number of nitrogens with zero attached hydrogens (tertiary/aromatic N) is 2. The van der Waals surface area contributed by atoms with E-state index in [0.717, 1.165) is 9.87 Å². The van der Waals surface area contributed by atoms with Gasteiger partial charge < -0.3 is 10.2 Å². The molecule has 7 nitrogen and oxygen atoms in total. The second-order valence-corrected chi connectivity index (χ2v) is 13.5.